The largest absolute Gasteiger partial charge is 0.481 e. The third-order valence-corrected chi connectivity index (χ3v) is 5.83. The zero-order valence-electron chi connectivity index (χ0n) is 14.9. The number of nitrogens with zero attached hydrogens (tertiary/aromatic N) is 1. The third kappa shape index (κ3) is 5.70. The van der Waals surface area contributed by atoms with Crippen molar-refractivity contribution < 1.29 is 23.1 Å². The third-order valence-electron chi connectivity index (χ3n) is 4.35. The van der Waals surface area contributed by atoms with Gasteiger partial charge in [0.2, 0.25) is 10.0 Å². The molecule has 1 fully saturated rings. The molecule has 1 heterocycles. The number of carboxylic acid groups (broad SMARTS) is 1. The van der Waals surface area contributed by atoms with Gasteiger partial charge >= 0.3 is 12.0 Å². The quantitative estimate of drug-likeness (QED) is 0.664. The summed E-state index contributed by atoms with van der Waals surface area (Å²) in [6.07, 6.45) is 1.13. The van der Waals surface area contributed by atoms with Gasteiger partial charge in [-0.2, -0.15) is 0 Å². The number of hydrogen-bond acceptors (Lipinski definition) is 4. The van der Waals surface area contributed by atoms with Crippen LogP contribution in [0.15, 0.2) is 24.3 Å². The van der Waals surface area contributed by atoms with Gasteiger partial charge in [-0.05, 0) is 37.5 Å². The van der Waals surface area contributed by atoms with Gasteiger partial charge in [-0.15, -0.1) is 0 Å². The van der Waals surface area contributed by atoms with Crippen molar-refractivity contribution in [2.24, 2.45) is 5.92 Å². The number of sulfonamides is 1. The Hall–Kier alpha value is -2.13. The lowest BCUT2D eigenvalue weighted by molar-refractivity contribution is -0.141. The molecule has 8 nitrogen and oxygen atoms in total. The second-order valence-corrected chi connectivity index (χ2v) is 8.34. The monoisotopic (exact) mass is 383 g/mol. The second-order valence-electron chi connectivity index (χ2n) is 6.59. The van der Waals surface area contributed by atoms with Gasteiger partial charge in [-0.1, -0.05) is 19.1 Å². The zero-order chi connectivity index (χ0) is 19.3. The minimum atomic E-state index is -3.46. The molecule has 26 heavy (non-hydrogen) atoms. The predicted octanol–water partition coefficient (Wildman–Crippen LogP) is 1.84. The predicted molar refractivity (Wildman–Crippen MR) is 98.3 cm³/mol. The summed E-state index contributed by atoms with van der Waals surface area (Å²) in [7, 11) is -3.46. The van der Waals surface area contributed by atoms with Crippen LogP contribution in [-0.2, 0) is 20.6 Å². The number of nitrogens with one attached hydrogen (secondary N) is 2. The number of carbonyl (C=O) groups excluding carboxylic acids is 1. The van der Waals surface area contributed by atoms with Crippen molar-refractivity contribution in [3.63, 3.8) is 0 Å². The van der Waals surface area contributed by atoms with E-state index in [9.17, 15) is 18.0 Å². The number of anilines is 1. The van der Waals surface area contributed by atoms with Gasteiger partial charge in [-0.3, -0.25) is 4.79 Å². The van der Waals surface area contributed by atoms with Crippen LogP contribution in [0.4, 0.5) is 10.5 Å². The smallest absolute Gasteiger partial charge is 0.321 e. The average molecular weight is 383 g/mol. The van der Waals surface area contributed by atoms with E-state index >= 15 is 0 Å². The van der Waals surface area contributed by atoms with Crippen LogP contribution >= 0.6 is 0 Å². The summed E-state index contributed by atoms with van der Waals surface area (Å²) in [6.45, 7) is 4.26. The van der Waals surface area contributed by atoms with E-state index in [-0.39, 0.29) is 24.4 Å². The number of hydrogen-bond donors (Lipinski definition) is 3. The highest BCUT2D eigenvalue weighted by atomic mass is 32.2. The zero-order valence-corrected chi connectivity index (χ0v) is 15.8. The maximum absolute atomic E-state index is 12.3. The van der Waals surface area contributed by atoms with Crippen molar-refractivity contribution in [2.75, 3.05) is 18.4 Å². The fourth-order valence-electron chi connectivity index (χ4n) is 2.74. The molecule has 2 rings (SSSR count). The number of likely N-dealkylation sites (tertiary alicyclic amines) is 1. The molecule has 1 saturated heterocycles. The molecule has 3 N–H and O–H groups in total. The van der Waals surface area contributed by atoms with E-state index in [4.69, 9.17) is 5.11 Å². The van der Waals surface area contributed by atoms with Crippen LogP contribution in [0, 0.1) is 5.92 Å². The van der Waals surface area contributed by atoms with E-state index in [0.29, 0.717) is 30.6 Å². The summed E-state index contributed by atoms with van der Waals surface area (Å²) < 4.78 is 26.9. The van der Waals surface area contributed by atoms with E-state index in [1.807, 2.05) is 6.92 Å². The van der Waals surface area contributed by atoms with Crippen LogP contribution in [0.25, 0.3) is 0 Å². The highest BCUT2D eigenvalue weighted by molar-refractivity contribution is 7.88. The van der Waals surface area contributed by atoms with Gasteiger partial charge in [0.05, 0.1) is 11.7 Å². The molecule has 0 aliphatic carbocycles. The lowest BCUT2D eigenvalue weighted by atomic mass is 10.1. The van der Waals surface area contributed by atoms with Gasteiger partial charge in [0.25, 0.3) is 0 Å². The second kappa shape index (κ2) is 8.50. The summed E-state index contributed by atoms with van der Waals surface area (Å²) in [5.74, 6) is -1.61. The normalized spacial score (nSPS) is 18.5. The van der Waals surface area contributed by atoms with Crippen LogP contribution < -0.4 is 10.0 Å². The number of benzene rings is 1. The molecule has 2 amide bonds. The molecule has 1 aliphatic rings. The minimum absolute atomic E-state index is 0.139. The van der Waals surface area contributed by atoms with E-state index in [1.165, 1.54) is 4.90 Å². The van der Waals surface area contributed by atoms with Crippen LogP contribution in [0.1, 0.15) is 32.3 Å². The Labute approximate surface area is 153 Å². The number of urea groups is 1. The topological polar surface area (TPSA) is 116 Å². The van der Waals surface area contributed by atoms with Gasteiger partial charge in [0.1, 0.15) is 0 Å². The van der Waals surface area contributed by atoms with Crippen molar-refractivity contribution in [2.45, 2.75) is 38.5 Å². The summed E-state index contributed by atoms with van der Waals surface area (Å²) >= 11 is 0. The van der Waals surface area contributed by atoms with Gasteiger partial charge in [-0.25, -0.2) is 17.9 Å². The fraction of sp³-hybridized carbons (Fsp3) is 0.529. The molecule has 2 unspecified atom stereocenters. The van der Waals surface area contributed by atoms with E-state index in [0.717, 1.165) is 0 Å². The molecule has 1 aromatic rings. The summed E-state index contributed by atoms with van der Waals surface area (Å²) in [4.78, 5) is 24.7. The van der Waals surface area contributed by atoms with Gasteiger partial charge < -0.3 is 15.3 Å². The Morgan fingerprint density at radius 1 is 1.38 bits per heavy atom. The summed E-state index contributed by atoms with van der Waals surface area (Å²) in [6, 6.07) is 6.11. The first-order valence-electron chi connectivity index (χ1n) is 8.58. The van der Waals surface area contributed by atoms with Crippen molar-refractivity contribution in [1.82, 2.24) is 9.62 Å². The van der Waals surface area contributed by atoms with Crippen LogP contribution in [0.5, 0.6) is 0 Å². The highest BCUT2D eigenvalue weighted by Crippen LogP contribution is 2.19. The van der Waals surface area contributed by atoms with Crippen molar-refractivity contribution in [3.8, 4) is 0 Å². The highest BCUT2D eigenvalue weighted by Gasteiger charge is 2.30. The Morgan fingerprint density at radius 3 is 2.73 bits per heavy atom. The lowest BCUT2D eigenvalue weighted by Crippen LogP contribution is -2.34. The molecular formula is C17H25N3O5S. The standard InChI is InChI=1S/C17H25N3O5S/c1-3-12(2)19-26(24,25)11-13-5-4-6-15(9-13)18-17(23)20-8-7-14(10-20)16(21)22/h4-6,9,12,14,19H,3,7-8,10-11H2,1-2H3,(H,18,23)(H,21,22). The molecule has 0 radical (unpaired) electrons. The first-order valence-corrected chi connectivity index (χ1v) is 10.2. The van der Waals surface area contributed by atoms with Gasteiger partial charge in [0.15, 0.2) is 0 Å². The summed E-state index contributed by atoms with van der Waals surface area (Å²) in [5, 5.41) is 11.7. The van der Waals surface area contributed by atoms with Crippen LogP contribution in [0.2, 0.25) is 0 Å². The maximum atomic E-state index is 12.3. The molecule has 144 valence electrons. The number of carboxylic acids is 1. The molecule has 1 aromatic carbocycles. The lowest BCUT2D eigenvalue weighted by Gasteiger charge is -2.17. The van der Waals surface area contributed by atoms with Crippen LogP contribution in [-0.4, -0.2) is 49.6 Å². The number of carbonyl (C=O) groups is 2. The number of rotatable bonds is 7. The van der Waals surface area contributed by atoms with E-state index < -0.39 is 21.9 Å². The van der Waals surface area contributed by atoms with Crippen molar-refractivity contribution in [1.29, 1.82) is 0 Å². The molecule has 0 saturated carbocycles. The molecule has 0 aromatic heterocycles. The SMILES string of the molecule is CCC(C)NS(=O)(=O)Cc1cccc(NC(=O)N2CCC(C(=O)O)C2)c1. The fourth-order valence-corrected chi connectivity index (χ4v) is 4.22. The average Bonchev–Trinajstić information content (AvgIpc) is 3.04. The first-order chi connectivity index (χ1) is 12.2. The molecule has 1 aliphatic heterocycles. The molecule has 0 bridgehead atoms. The molecule has 0 spiro atoms. The minimum Gasteiger partial charge on any atom is -0.481 e. The van der Waals surface area contributed by atoms with Crippen molar-refractivity contribution in [3.05, 3.63) is 29.8 Å². The van der Waals surface area contributed by atoms with E-state index in [1.54, 1.807) is 31.2 Å². The Morgan fingerprint density at radius 2 is 2.12 bits per heavy atom. The Kier molecular flexibility index (Phi) is 6.60. The van der Waals surface area contributed by atoms with Crippen molar-refractivity contribution >= 4 is 27.7 Å². The molecule has 2 atom stereocenters. The Balaban J connectivity index is 1.99. The van der Waals surface area contributed by atoms with Crippen LogP contribution in [0.3, 0.4) is 0 Å². The van der Waals surface area contributed by atoms with Gasteiger partial charge in [0, 0.05) is 24.8 Å². The molecular weight excluding hydrogens is 358 g/mol. The summed E-state index contributed by atoms with van der Waals surface area (Å²) in [5.41, 5.74) is 1.04. The Bertz CT molecular complexity index is 765. The number of aliphatic carboxylic acids is 1. The number of amides is 2. The maximum Gasteiger partial charge on any atom is 0.321 e. The van der Waals surface area contributed by atoms with E-state index in [2.05, 4.69) is 10.0 Å². The molecule has 9 heteroatoms. The first kappa shape index (κ1) is 20.2.